The average molecular weight is 243 g/mol. The number of fused-ring (bicyclic) bond motifs is 1. The van der Waals surface area contributed by atoms with Crippen molar-refractivity contribution in [3.63, 3.8) is 0 Å². The topological polar surface area (TPSA) is 96.7 Å². The molecule has 0 spiro atoms. The Kier molecular flexibility index (Phi) is 2.30. The van der Waals surface area contributed by atoms with Crippen LogP contribution in [0.4, 0.5) is 5.82 Å². The summed E-state index contributed by atoms with van der Waals surface area (Å²) in [5, 5.41) is 13.6. The summed E-state index contributed by atoms with van der Waals surface area (Å²) in [7, 11) is 0. The van der Waals surface area contributed by atoms with Gasteiger partial charge in [-0.3, -0.25) is 9.89 Å². The third-order valence-electron chi connectivity index (χ3n) is 2.52. The first-order valence-corrected chi connectivity index (χ1v) is 5.27. The van der Waals surface area contributed by atoms with E-state index in [9.17, 15) is 4.79 Å². The molecule has 7 nitrogen and oxygen atoms in total. The zero-order valence-corrected chi connectivity index (χ0v) is 9.47. The molecule has 0 aliphatic heterocycles. The van der Waals surface area contributed by atoms with Crippen LogP contribution in [0.5, 0.6) is 0 Å². The van der Waals surface area contributed by atoms with Crippen molar-refractivity contribution in [1.82, 2.24) is 20.3 Å². The first kappa shape index (κ1) is 10.5. The van der Waals surface area contributed by atoms with Crippen LogP contribution in [0.2, 0.25) is 0 Å². The Morgan fingerprint density at radius 3 is 3.17 bits per heavy atom. The standard InChI is InChI=1S/C11H9N5O2/c1-6-8-4-7(5-12-11(8)18-16-6)10(17)14-9-2-3-13-15-9/h2-5H,1H3,(H2,13,14,15,17). The summed E-state index contributed by atoms with van der Waals surface area (Å²) in [4.78, 5) is 16.0. The number of pyridine rings is 1. The summed E-state index contributed by atoms with van der Waals surface area (Å²) in [6.07, 6.45) is 3.00. The number of aromatic nitrogens is 4. The number of H-pyrrole nitrogens is 1. The maximum atomic E-state index is 11.9. The van der Waals surface area contributed by atoms with Gasteiger partial charge in [-0.05, 0) is 13.0 Å². The van der Waals surface area contributed by atoms with E-state index in [-0.39, 0.29) is 5.91 Å². The van der Waals surface area contributed by atoms with E-state index in [1.807, 2.05) is 0 Å². The first-order valence-electron chi connectivity index (χ1n) is 5.27. The number of carbonyl (C=O) groups is 1. The van der Waals surface area contributed by atoms with Crippen molar-refractivity contribution in [2.45, 2.75) is 6.92 Å². The Bertz CT molecular complexity index is 701. The largest absolute Gasteiger partial charge is 0.336 e. The van der Waals surface area contributed by atoms with Crippen LogP contribution in [-0.2, 0) is 0 Å². The number of aryl methyl sites for hydroxylation is 1. The highest BCUT2D eigenvalue weighted by atomic mass is 16.5. The molecule has 3 rings (SSSR count). The molecular weight excluding hydrogens is 234 g/mol. The Hall–Kier alpha value is -2.70. The van der Waals surface area contributed by atoms with Crippen LogP contribution in [0.1, 0.15) is 16.1 Å². The Balaban J connectivity index is 1.93. The van der Waals surface area contributed by atoms with Crippen molar-refractivity contribution >= 4 is 22.8 Å². The van der Waals surface area contributed by atoms with Crippen LogP contribution in [-0.4, -0.2) is 26.2 Å². The lowest BCUT2D eigenvalue weighted by molar-refractivity contribution is 0.102. The molecule has 90 valence electrons. The minimum Gasteiger partial charge on any atom is -0.336 e. The van der Waals surface area contributed by atoms with Crippen molar-refractivity contribution in [3.8, 4) is 0 Å². The maximum absolute atomic E-state index is 11.9. The van der Waals surface area contributed by atoms with E-state index in [2.05, 4.69) is 25.7 Å². The summed E-state index contributed by atoms with van der Waals surface area (Å²) < 4.78 is 4.98. The Morgan fingerprint density at radius 2 is 2.39 bits per heavy atom. The van der Waals surface area contributed by atoms with Gasteiger partial charge in [-0.25, -0.2) is 4.98 Å². The number of nitrogens with zero attached hydrogens (tertiary/aromatic N) is 3. The fourth-order valence-corrected chi connectivity index (χ4v) is 1.59. The molecule has 0 atom stereocenters. The number of carbonyl (C=O) groups excluding carboxylic acids is 1. The van der Waals surface area contributed by atoms with Crippen LogP contribution in [0.25, 0.3) is 11.1 Å². The van der Waals surface area contributed by atoms with Crippen molar-refractivity contribution in [1.29, 1.82) is 0 Å². The molecule has 18 heavy (non-hydrogen) atoms. The third-order valence-corrected chi connectivity index (χ3v) is 2.52. The third kappa shape index (κ3) is 1.71. The number of amides is 1. The molecule has 0 unspecified atom stereocenters. The van der Waals surface area contributed by atoms with Gasteiger partial charge in [0.05, 0.1) is 22.8 Å². The molecule has 2 N–H and O–H groups in total. The molecule has 0 aliphatic rings. The smallest absolute Gasteiger partial charge is 0.258 e. The summed E-state index contributed by atoms with van der Waals surface area (Å²) in [6, 6.07) is 3.36. The molecular formula is C11H9N5O2. The van der Waals surface area contributed by atoms with Gasteiger partial charge >= 0.3 is 0 Å². The molecule has 0 saturated carbocycles. The maximum Gasteiger partial charge on any atom is 0.258 e. The van der Waals surface area contributed by atoms with Gasteiger partial charge < -0.3 is 9.84 Å². The van der Waals surface area contributed by atoms with Gasteiger partial charge in [0.1, 0.15) is 5.82 Å². The Morgan fingerprint density at radius 1 is 1.50 bits per heavy atom. The van der Waals surface area contributed by atoms with E-state index in [4.69, 9.17) is 4.52 Å². The normalized spacial score (nSPS) is 10.7. The van der Waals surface area contributed by atoms with Gasteiger partial charge in [-0.1, -0.05) is 5.16 Å². The number of nitrogens with one attached hydrogen (secondary N) is 2. The highest BCUT2D eigenvalue weighted by Gasteiger charge is 2.11. The Labute approximate surface area is 101 Å². The SMILES string of the molecule is Cc1noc2ncc(C(=O)Nc3ccn[nH]3)cc12. The van der Waals surface area contributed by atoms with E-state index >= 15 is 0 Å². The molecule has 3 heterocycles. The minimum atomic E-state index is -0.269. The van der Waals surface area contributed by atoms with Crippen LogP contribution < -0.4 is 5.32 Å². The molecule has 3 aromatic heterocycles. The van der Waals surface area contributed by atoms with Gasteiger partial charge in [-0.2, -0.15) is 5.10 Å². The molecule has 0 saturated heterocycles. The predicted molar refractivity (Wildman–Crippen MR) is 63.1 cm³/mol. The summed E-state index contributed by atoms with van der Waals surface area (Å²) in [5.74, 6) is 0.261. The van der Waals surface area contributed by atoms with Crippen LogP contribution in [0.15, 0.2) is 29.0 Å². The molecule has 0 radical (unpaired) electrons. The lowest BCUT2D eigenvalue weighted by atomic mass is 10.2. The van der Waals surface area contributed by atoms with Crippen LogP contribution in [0.3, 0.4) is 0 Å². The van der Waals surface area contributed by atoms with E-state index in [0.29, 0.717) is 22.8 Å². The summed E-state index contributed by atoms with van der Waals surface area (Å²) in [5.41, 5.74) is 1.56. The van der Waals surface area contributed by atoms with Gasteiger partial charge in [0.15, 0.2) is 0 Å². The van der Waals surface area contributed by atoms with Gasteiger partial charge in [0.2, 0.25) is 0 Å². The summed E-state index contributed by atoms with van der Waals surface area (Å²) >= 11 is 0. The van der Waals surface area contributed by atoms with Gasteiger partial charge in [0.25, 0.3) is 11.6 Å². The van der Waals surface area contributed by atoms with Crippen molar-refractivity contribution in [2.75, 3.05) is 5.32 Å². The van der Waals surface area contributed by atoms with Gasteiger partial charge in [0, 0.05) is 12.3 Å². The van der Waals surface area contributed by atoms with E-state index < -0.39 is 0 Å². The fraction of sp³-hybridized carbons (Fsp3) is 0.0909. The zero-order chi connectivity index (χ0) is 12.5. The van der Waals surface area contributed by atoms with E-state index in [1.165, 1.54) is 6.20 Å². The lowest BCUT2D eigenvalue weighted by Crippen LogP contribution is -2.12. The molecule has 0 aliphatic carbocycles. The quantitative estimate of drug-likeness (QED) is 0.711. The zero-order valence-electron chi connectivity index (χ0n) is 9.47. The fourth-order valence-electron chi connectivity index (χ4n) is 1.59. The molecule has 0 bridgehead atoms. The first-order chi connectivity index (χ1) is 8.74. The number of hydrogen-bond acceptors (Lipinski definition) is 5. The lowest BCUT2D eigenvalue weighted by Gasteiger charge is -2.01. The predicted octanol–water partition coefficient (Wildman–Crippen LogP) is 1.51. The highest BCUT2D eigenvalue weighted by Crippen LogP contribution is 2.17. The molecule has 3 aromatic rings. The molecule has 0 aromatic carbocycles. The molecule has 7 heteroatoms. The van der Waals surface area contributed by atoms with E-state index in [0.717, 1.165) is 5.39 Å². The number of rotatable bonds is 2. The minimum absolute atomic E-state index is 0.269. The van der Waals surface area contributed by atoms with Crippen LogP contribution in [0, 0.1) is 6.92 Å². The second kappa shape index (κ2) is 3.95. The highest BCUT2D eigenvalue weighted by molar-refractivity contribution is 6.05. The van der Waals surface area contributed by atoms with Crippen molar-refractivity contribution in [3.05, 3.63) is 35.8 Å². The van der Waals surface area contributed by atoms with Crippen molar-refractivity contribution < 1.29 is 9.32 Å². The average Bonchev–Trinajstić information content (AvgIpc) is 3.00. The number of hydrogen-bond donors (Lipinski definition) is 2. The van der Waals surface area contributed by atoms with Crippen LogP contribution >= 0.6 is 0 Å². The van der Waals surface area contributed by atoms with Crippen molar-refractivity contribution in [2.24, 2.45) is 0 Å². The molecule has 0 fully saturated rings. The van der Waals surface area contributed by atoms with E-state index in [1.54, 1.807) is 25.3 Å². The molecule has 1 amide bonds. The second-order valence-electron chi connectivity index (χ2n) is 3.77. The number of anilines is 1. The second-order valence-corrected chi connectivity index (χ2v) is 3.77. The summed E-state index contributed by atoms with van der Waals surface area (Å²) in [6.45, 7) is 1.80. The monoisotopic (exact) mass is 243 g/mol. The van der Waals surface area contributed by atoms with Gasteiger partial charge in [-0.15, -0.1) is 0 Å². The number of aromatic amines is 1.